The molecule has 0 radical (unpaired) electrons. The van der Waals surface area contributed by atoms with Crippen LogP contribution in [0.4, 0.5) is 0 Å². The fourth-order valence-corrected chi connectivity index (χ4v) is 8.09. The predicted molar refractivity (Wildman–Crippen MR) is 168 cm³/mol. The van der Waals surface area contributed by atoms with E-state index in [1.54, 1.807) is 18.0 Å². The highest BCUT2D eigenvalue weighted by atomic mass is 32.2. The average molecular weight is 639 g/mol. The van der Waals surface area contributed by atoms with Gasteiger partial charge in [-0.05, 0) is 76.8 Å². The number of ether oxygens (including phenoxy) is 2. The molecule has 12 heteroatoms. The summed E-state index contributed by atoms with van der Waals surface area (Å²) in [5, 5.41) is 3.18. The van der Waals surface area contributed by atoms with Crippen molar-refractivity contribution in [2.45, 2.75) is 82.1 Å². The summed E-state index contributed by atoms with van der Waals surface area (Å²) in [6.45, 7) is 4.86. The van der Waals surface area contributed by atoms with E-state index in [1.807, 2.05) is 44.2 Å². The molecule has 5 unspecified atom stereocenters. The van der Waals surface area contributed by atoms with Gasteiger partial charge < -0.3 is 19.7 Å². The predicted octanol–water partition coefficient (Wildman–Crippen LogP) is 3.40. The monoisotopic (exact) mass is 638 g/mol. The summed E-state index contributed by atoms with van der Waals surface area (Å²) in [5.74, 6) is -2.04. The number of fused-ring (bicyclic) bond motifs is 3. The Kier molecular flexibility index (Phi) is 8.53. The zero-order valence-electron chi connectivity index (χ0n) is 26.1. The summed E-state index contributed by atoms with van der Waals surface area (Å²) in [7, 11) is -2.04. The number of amides is 3. The largest absolute Gasteiger partial charge is 0.489 e. The molecule has 3 saturated carbocycles. The number of nitrogens with one attached hydrogen (secondary N) is 2. The van der Waals surface area contributed by atoms with Crippen LogP contribution in [0.25, 0.3) is 10.9 Å². The zero-order chi connectivity index (χ0) is 31.9. The molecule has 1 aromatic heterocycles. The van der Waals surface area contributed by atoms with Crippen molar-refractivity contribution in [2.24, 2.45) is 17.8 Å². The number of hydrogen-bond donors (Lipinski definition) is 2. The normalized spacial score (nSPS) is 29.6. The number of nitrogens with zero attached hydrogens (tertiary/aromatic N) is 2. The quantitative estimate of drug-likeness (QED) is 0.440. The number of aromatic nitrogens is 1. The summed E-state index contributed by atoms with van der Waals surface area (Å²) >= 11 is 0. The number of carbonyl (C=O) groups excluding carboxylic acids is 3. The number of rotatable bonds is 7. The van der Waals surface area contributed by atoms with Gasteiger partial charge in [-0.25, -0.2) is 13.4 Å². The summed E-state index contributed by atoms with van der Waals surface area (Å²) in [4.78, 5) is 47.7. The molecular formula is C33H42N4O7S. The second-order valence-electron chi connectivity index (χ2n) is 12.9. The maximum atomic E-state index is 14.0. The number of hydrogen-bond acceptors (Lipinski definition) is 8. The Balaban J connectivity index is 1.29. The topological polar surface area (TPSA) is 144 Å². The second kappa shape index (κ2) is 12.3. The minimum Gasteiger partial charge on any atom is -0.489 e. The summed E-state index contributed by atoms with van der Waals surface area (Å²) in [6.07, 6.45) is 7.76. The Bertz CT molecular complexity index is 1640. The number of carbonyl (C=O) groups is 3. The molecule has 2 aromatic rings. The third-order valence-corrected chi connectivity index (χ3v) is 11.4. The lowest BCUT2D eigenvalue weighted by Gasteiger charge is -2.26. The summed E-state index contributed by atoms with van der Waals surface area (Å²) in [5.41, 5.74) is 0.351. The molecule has 3 amide bonds. The van der Waals surface area contributed by atoms with Gasteiger partial charge in [0.15, 0.2) is 0 Å². The van der Waals surface area contributed by atoms with E-state index in [2.05, 4.69) is 15.0 Å². The molecule has 4 aliphatic rings. The average Bonchev–Trinajstić information content (AvgIpc) is 3.92. The molecule has 242 valence electrons. The molecule has 0 spiro atoms. The SMILES string of the molecule is CCOc1cc(OC2CC3C(=O)NC4(C(=O)NS(=O)(=O)C5CC5)CC4/C=C\CCCCN(C)C(=O)C3C2)c2cccc(C)c2n1. The molecular weight excluding hydrogens is 596 g/mol. The number of aryl methyl sites for hydroxylation is 1. The highest BCUT2D eigenvalue weighted by Gasteiger charge is 2.62. The lowest BCUT2D eigenvalue weighted by atomic mass is 9.93. The smallest absolute Gasteiger partial charge is 0.259 e. The maximum absolute atomic E-state index is 14.0. The van der Waals surface area contributed by atoms with Crippen LogP contribution in [-0.2, 0) is 24.4 Å². The minimum absolute atomic E-state index is 0.138. The van der Waals surface area contributed by atoms with E-state index in [0.717, 1.165) is 35.7 Å². The third-order valence-electron chi connectivity index (χ3n) is 9.56. The highest BCUT2D eigenvalue weighted by molar-refractivity contribution is 7.91. The van der Waals surface area contributed by atoms with Crippen molar-refractivity contribution < 1.29 is 32.3 Å². The van der Waals surface area contributed by atoms with Crippen molar-refractivity contribution in [3.05, 3.63) is 42.0 Å². The van der Waals surface area contributed by atoms with Gasteiger partial charge in [0.05, 0.1) is 29.2 Å². The van der Waals surface area contributed by atoms with Gasteiger partial charge in [-0.2, -0.15) is 0 Å². The summed E-state index contributed by atoms with van der Waals surface area (Å²) in [6, 6.07) is 7.57. The number of para-hydroxylation sites is 1. The van der Waals surface area contributed by atoms with Gasteiger partial charge in [0, 0.05) is 31.0 Å². The van der Waals surface area contributed by atoms with E-state index in [9.17, 15) is 22.8 Å². The Morgan fingerprint density at radius 2 is 1.96 bits per heavy atom. The fourth-order valence-electron chi connectivity index (χ4n) is 6.73. The van der Waals surface area contributed by atoms with Gasteiger partial charge in [0.2, 0.25) is 27.7 Å². The first-order valence-corrected chi connectivity index (χ1v) is 17.6. The van der Waals surface area contributed by atoms with Crippen molar-refractivity contribution in [1.82, 2.24) is 19.9 Å². The molecule has 1 aliphatic heterocycles. The Hall–Kier alpha value is -3.67. The van der Waals surface area contributed by atoms with Crippen LogP contribution in [0, 0.1) is 24.7 Å². The van der Waals surface area contributed by atoms with Gasteiger partial charge >= 0.3 is 0 Å². The van der Waals surface area contributed by atoms with Crippen LogP contribution in [0.1, 0.15) is 63.9 Å². The summed E-state index contributed by atoms with van der Waals surface area (Å²) < 4.78 is 39.9. The molecule has 0 bridgehead atoms. The van der Waals surface area contributed by atoms with Crippen LogP contribution in [0.5, 0.6) is 11.6 Å². The molecule has 5 atom stereocenters. The van der Waals surface area contributed by atoms with E-state index < -0.39 is 50.6 Å². The first-order chi connectivity index (χ1) is 21.5. The van der Waals surface area contributed by atoms with Crippen LogP contribution >= 0.6 is 0 Å². The zero-order valence-corrected chi connectivity index (χ0v) is 26.9. The molecule has 3 aliphatic carbocycles. The van der Waals surface area contributed by atoms with Gasteiger partial charge in [0.25, 0.3) is 5.91 Å². The lowest BCUT2D eigenvalue weighted by Crippen LogP contribution is -2.54. The van der Waals surface area contributed by atoms with Gasteiger partial charge in [0.1, 0.15) is 17.4 Å². The number of pyridine rings is 1. The van der Waals surface area contributed by atoms with Crippen LogP contribution in [0.15, 0.2) is 36.4 Å². The molecule has 2 heterocycles. The maximum Gasteiger partial charge on any atom is 0.259 e. The number of allylic oxidation sites excluding steroid dienone is 1. The van der Waals surface area contributed by atoms with E-state index in [-0.39, 0.29) is 18.2 Å². The number of benzene rings is 1. The Labute approximate surface area is 264 Å². The third kappa shape index (κ3) is 6.39. The van der Waals surface area contributed by atoms with E-state index in [4.69, 9.17) is 9.47 Å². The van der Waals surface area contributed by atoms with Crippen LogP contribution in [0.3, 0.4) is 0 Å². The van der Waals surface area contributed by atoms with Crippen molar-refractivity contribution in [2.75, 3.05) is 20.2 Å². The molecule has 1 aromatic carbocycles. The van der Waals surface area contributed by atoms with Crippen molar-refractivity contribution in [3.63, 3.8) is 0 Å². The van der Waals surface area contributed by atoms with Crippen LogP contribution in [-0.4, -0.2) is 73.1 Å². The Morgan fingerprint density at radius 1 is 1.18 bits per heavy atom. The second-order valence-corrected chi connectivity index (χ2v) is 14.9. The lowest BCUT2D eigenvalue weighted by molar-refractivity contribution is -0.140. The van der Waals surface area contributed by atoms with Crippen molar-refractivity contribution >= 4 is 38.6 Å². The fraction of sp³-hybridized carbons (Fsp3) is 0.576. The molecule has 11 nitrogen and oxygen atoms in total. The van der Waals surface area contributed by atoms with Gasteiger partial charge in [-0.1, -0.05) is 24.3 Å². The first-order valence-electron chi connectivity index (χ1n) is 16.0. The molecule has 45 heavy (non-hydrogen) atoms. The molecule has 6 rings (SSSR count). The minimum atomic E-state index is -3.80. The van der Waals surface area contributed by atoms with Crippen LogP contribution in [0.2, 0.25) is 0 Å². The molecule has 2 N–H and O–H groups in total. The number of sulfonamides is 1. The Morgan fingerprint density at radius 3 is 2.71 bits per heavy atom. The van der Waals surface area contributed by atoms with Gasteiger partial charge in [-0.3, -0.25) is 19.1 Å². The van der Waals surface area contributed by atoms with E-state index >= 15 is 0 Å². The van der Waals surface area contributed by atoms with E-state index in [1.165, 1.54) is 0 Å². The first kappa shape index (κ1) is 31.3. The van der Waals surface area contributed by atoms with Crippen molar-refractivity contribution in [3.8, 4) is 11.6 Å². The highest BCUT2D eigenvalue weighted by Crippen LogP contribution is 2.47. The molecule has 0 saturated heterocycles. The standard InChI is InChI=1S/C33H42N4O7S/c1-4-43-28-18-27(24-12-9-10-20(2)29(24)34-28)44-22-16-25-26(17-22)31(39)37(3)15-8-6-5-7-11-21-19-33(21,35-30(25)38)32(40)36-45(41,42)23-13-14-23/h7,9-12,18,21-23,25-26H,4-6,8,13-17,19H2,1-3H3,(H,35,38)(H,36,40)/b11-7-. The van der Waals surface area contributed by atoms with Crippen molar-refractivity contribution in [1.29, 1.82) is 0 Å². The van der Waals surface area contributed by atoms with E-state index in [0.29, 0.717) is 50.5 Å². The molecule has 3 fully saturated rings. The van der Waals surface area contributed by atoms with Crippen LogP contribution < -0.4 is 19.5 Å². The van der Waals surface area contributed by atoms with Gasteiger partial charge in [-0.15, -0.1) is 0 Å².